The molecule has 2 aromatic carbocycles. The van der Waals surface area contributed by atoms with Gasteiger partial charge in [-0.15, -0.1) is 0 Å². The second kappa shape index (κ2) is 7.53. The summed E-state index contributed by atoms with van der Waals surface area (Å²) in [5.41, 5.74) is 2.34. The Morgan fingerprint density at radius 2 is 1.84 bits per heavy atom. The number of carbonyl (C=O) groups excluding carboxylic acids is 1. The first-order valence-electron chi connectivity index (χ1n) is 7.89. The molecule has 1 amide bonds. The lowest BCUT2D eigenvalue weighted by Crippen LogP contribution is -2.14. The summed E-state index contributed by atoms with van der Waals surface area (Å²) in [6.45, 7) is 2.07. The molecule has 0 aliphatic heterocycles. The molecule has 0 radical (unpaired) electrons. The Labute approximate surface area is 145 Å². The maximum Gasteiger partial charge on any atom is 0.274 e. The highest BCUT2D eigenvalue weighted by Crippen LogP contribution is 2.18. The molecule has 25 heavy (non-hydrogen) atoms. The van der Waals surface area contributed by atoms with Crippen molar-refractivity contribution < 1.29 is 9.18 Å². The molecular formula is C19H17FN4O. The summed E-state index contributed by atoms with van der Waals surface area (Å²) < 4.78 is 13.7. The Morgan fingerprint density at radius 1 is 1.08 bits per heavy atom. The van der Waals surface area contributed by atoms with Crippen LogP contribution in [0.15, 0.2) is 60.9 Å². The van der Waals surface area contributed by atoms with Crippen LogP contribution in [-0.4, -0.2) is 15.9 Å². The number of halogens is 1. The molecule has 0 saturated heterocycles. The van der Waals surface area contributed by atoms with Crippen molar-refractivity contribution in [3.05, 3.63) is 78.0 Å². The van der Waals surface area contributed by atoms with Crippen molar-refractivity contribution in [1.29, 1.82) is 0 Å². The van der Waals surface area contributed by atoms with Gasteiger partial charge >= 0.3 is 0 Å². The van der Waals surface area contributed by atoms with Crippen LogP contribution in [0, 0.1) is 5.82 Å². The van der Waals surface area contributed by atoms with Crippen LogP contribution in [0.25, 0.3) is 0 Å². The monoisotopic (exact) mass is 336 g/mol. The molecule has 1 heterocycles. The van der Waals surface area contributed by atoms with E-state index >= 15 is 0 Å². The minimum absolute atomic E-state index is 0.188. The summed E-state index contributed by atoms with van der Waals surface area (Å²) in [5.74, 6) is -0.419. The van der Waals surface area contributed by atoms with Gasteiger partial charge in [0.15, 0.2) is 0 Å². The van der Waals surface area contributed by atoms with Crippen molar-refractivity contribution in [2.75, 3.05) is 10.6 Å². The normalized spacial score (nSPS) is 10.3. The molecule has 0 aliphatic rings. The van der Waals surface area contributed by atoms with Gasteiger partial charge in [0.05, 0.1) is 5.69 Å². The summed E-state index contributed by atoms with van der Waals surface area (Å²) in [7, 11) is 0. The van der Waals surface area contributed by atoms with E-state index in [2.05, 4.69) is 27.5 Å². The number of nitrogens with zero attached hydrogens (tertiary/aromatic N) is 2. The predicted octanol–water partition coefficient (Wildman–Crippen LogP) is 4.17. The molecule has 6 heteroatoms. The number of carbonyl (C=O) groups is 1. The smallest absolute Gasteiger partial charge is 0.274 e. The van der Waals surface area contributed by atoms with E-state index in [1.165, 1.54) is 24.0 Å². The maximum absolute atomic E-state index is 13.7. The third-order valence-electron chi connectivity index (χ3n) is 3.66. The largest absolute Gasteiger partial charge is 0.338 e. The molecule has 3 rings (SSSR count). The Bertz CT molecular complexity index is 881. The van der Waals surface area contributed by atoms with E-state index in [1.807, 2.05) is 24.3 Å². The van der Waals surface area contributed by atoms with Gasteiger partial charge in [-0.1, -0.05) is 31.2 Å². The summed E-state index contributed by atoms with van der Waals surface area (Å²) in [5, 5.41) is 5.62. The number of hydrogen-bond acceptors (Lipinski definition) is 4. The third-order valence-corrected chi connectivity index (χ3v) is 3.66. The van der Waals surface area contributed by atoms with Gasteiger partial charge in [-0.05, 0) is 36.2 Å². The highest BCUT2D eigenvalue weighted by Gasteiger charge is 2.10. The average Bonchev–Trinajstić information content (AvgIpc) is 2.64. The highest BCUT2D eigenvalue weighted by atomic mass is 19.1. The van der Waals surface area contributed by atoms with Crippen molar-refractivity contribution in [2.24, 2.45) is 0 Å². The van der Waals surface area contributed by atoms with Crippen LogP contribution in [0.5, 0.6) is 0 Å². The molecule has 0 aliphatic carbocycles. The predicted molar refractivity (Wildman–Crippen MR) is 95.5 cm³/mol. The van der Waals surface area contributed by atoms with Crippen LogP contribution < -0.4 is 10.6 Å². The summed E-state index contributed by atoms with van der Waals surface area (Å²) in [4.78, 5) is 20.3. The number of aryl methyl sites for hydroxylation is 1. The Hall–Kier alpha value is -3.28. The van der Waals surface area contributed by atoms with Crippen LogP contribution in [0.3, 0.4) is 0 Å². The van der Waals surface area contributed by atoms with E-state index in [9.17, 15) is 9.18 Å². The van der Waals surface area contributed by atoms with Crippen LogP contribution in [0.4, 0.5) is 21.6 Å². The second-order valence-corrected chi connectivity index (χ2v) is 5.40. The number of rotatable bonds is 5. The van der Waals surface area contributed by atoms with E-state index < -0.39 is 5.82 Å². The summed E-state index contributed by atoms with van der Waals surface area (Å²) in [6, 6.07) is 15.3. The van der Waals surface area contributed by atoms with E-state index in [1.54, 1.807) is 18.2 Å². The van der Waals surface area contributed by atoms with Crippen LogP contribution in [0.2, 0.25) is 0 Å². The van der Waals surface area contributed by atoms with Crippen molar-refractivity contribution >= 4 is 23.1 Å². The quantitative estimate of drug-likeness (QED) is 0.734. The van der Waals surface area contributed by atoms with Gasteiger partial charge in [0, 0.05) is 11.8 Å². The fraction of sp³-hybridized carbons (Fsp3) is 0.105. The van der Waals surface area contributed by atoms with Crippen molar-refractivity contribution in [3.63, 3.8) is 0 Å². The SMILES string of the molecule is CCc1ccc(NC(=O)c2cc(Nc3ccccc3F)ncn2)cc1. The zero-order valence-corrected chi connectivity index (χ0v) is 13.7. The lowest BCUT2D eigenvalue weighted by molar-refractivity contribution is 0.102. The molecule has 0 spiro atoms. The van der Waals surface area contributed by atoms with E-state index in [0.717, 1.165) is 6.42 Å². The van der Waals surface area contributed by atoms with Crippen molar-refractivity contribution in [1.82, 2.24) is 9.97 Å². The zero-order chi connectivity index (χ0) is 17.6. The number of hydrogen-bond donors (Lipinski definition) is 2. The van der Waals surface area contributed by atoms with Gasteiger partial charge in [0.25, 0.3) is 5.91 Å². The van der Waals surface area contributed by atoms with Gasteiger partial charge in [0.1, 0.15) is 23.7 Å². The lowest BCUT2D eigenvalue weighted by atomic mass is 10.1. The zero-order valence-electron chi connectivity index (χ0n) is 13.7. The summed E-state index contributed by atoms with van der Waals surface area (Å²) in [6.07, 6.45) is 2.20. The van der Waals surface area contributed by atoms with Gasteiger partial charge in [-0.2, -0.15) is 0 Å². The van der Waals surface area contributed by atoms with Crippen LogP contribution >= 0.6 is 0 Å². The molecule has 2 N–H and O–H groups in total. The molecule has 126 valence electrons. The Morgan fingerprint density at radius 3 is 2.56 bits per heavy atom. The van der Waals surface area contributed by atoms with E-state index in [-0.39, 0.29) is 17.3 Å². The Kier molecular flexibility index (Phi) is 4.99. The molecule has 1 aromatic heterocycles. The molecule has 0 unspecified atom stereocenters. The highest BCUT2D eigenvalue weighted by molar-refractivity contribution is 6.03. The number of benzene rings is 2. The van der Waals surface area contributed by atoms with Crippen molar-refractivity contribution in [3.8, 4) is 0 Å². The molecule has 0 bridgehead atoms. The molecule has 0 atom stereocenters. The van der Waals surface area contributed by atoms with Gasteiger partial charge < -0.3 is 10.6 Å². The summed E-state index contributed by atoms with van der Waals surface area (Å²) >= 11 is 0. The van der Waals surface area contributed by atoms with Crippen molar-refractivity contribution in [2.45, 2.75) is 13.3 Å². The third kappa shape index (κ3) is 4.17. The van der Waals surface area contributed by atoms with Crippen LogP contribution in [0.1, 0.15) is 23.0 Å². The van der Waals surface area contributed by atoms with E-state index in [4.69, 9.17) is 0 Å². The fourth-order valence-electron chi connectivity index (χ4n) is 2.27. The molecule has 0 saturated carbocycles. The number of nitrogens with one attached hydrogen (secondary N) is 2. The number of aromatic nitrogens is 2. The fourth-order valence-corrected chi connectivity index (χ4v) is 2.27. The minimum atomic E-state index is -0.400. The van der Waals surface area contributed by atoms with Gasteiger partial charge in [0.2, 0.25) is 0 Å². The number of amides is 1. The Balaban J connectivity index is 1.74. The first kappa shape index (κ1) is 16.6. The number of anilines is 3. The minimum Gasteiger partial charge on any atom is -0.338 e. The molecular weight excluding hydrogens is 319 g/mol. The second-order valence-electron chi connectivity index (χ2n) is 5.40. The van der Waals surface area contributed by atoms with Gasteiger partial charge in [-0.3, -0.25) is 4.79 Å². The first-order chi connectivity index (χ1) is 12.2. The van der Waals surface area contributed by atoms with Crippen LogP contribution in [-0.2, 0) is 6.42 Å². The maximum atomic E-state index is 13.7. The van der Waals surface area contributed by atoms with E-state index in [0.29, 0.717) is 11.5 Å². The lowest BCUT2D eigenvalue weighted by Gasteiger charge is -2.08. The standard InChI is InChI=1S/C19H17FN4O/c1-2-13-7-9-14(10-8-13)23-19(25)17-11-18(22-12-21-17)24-16-6-4-3-5-15(16)20/h3-12H,2H2,1H3,(H,23,25)(H,21,22,24). The first-order valence-corrected chi connectivity index (χ1v) is 7.89. The average molecular weight is 336 g/mol. The number of para-hydroxylation sites is 1. The molecule has 0 fully saturated rings. The van der Waals surface area contributed by atoms with Gasteiger partial charge in [-0.25, -0.2) is 14.4 Å². The molecule has 3 aromatic rings. The topological polar surface area (TPSA) is 66.9 Å². The molecule has 5 nitrogen and oxygen atoms in total.